The van der Waals surface area contributed by atoms with E-state index >= 15 is 0 Å². The van der Waals surface area contributed by atoms with Crippen molar-refractivity contribution in [1.29, 1.82) is 0 Å². The predicted octanol–water partition coefficient (Wildman–Crippen LogP) is 2.62. The zero-order chi connectivity index (χ0) is 20.8. The highest BCUT2D eigenvalue weighted by Gasteiger charge is 2.21. The molecule has 0 aliphatic carbocycles. The second-order valence-electron chi connectivity index (χ2n) is 6.47. The Bertz CT molecular complexity index is 925. The monoisotopic (exact) mass is 414 g/mol. The SMILES string of the molecule is O=C(CNC(=O)c1ccc(N2CCCC2=O)cc1)OCC(=O)c1ccc(Cl)cc1. The minimum atomic E-state index is -0.722. The topological polar surface area (TPSA) is 92.8 Å². The average molecular weight is 415 g/mol. The van der Waals surface area contributed by atoms with Crippen molar-refractivity contribution in [3.63, 3.8) is 0 Å². The van der Waals surface area contributed by atoms with E-state index < -0.39 is 18.5 Å². The first kappa shape index (κ1) is 20.5. The fourth-order valence-corrected chi connectivity index (χ4v) is 3.01. The van der Waals surface area contributed by atoms with Gasteiger partial charge in [-0.3, -0.25) is 19.2 Å². The van der Waals surface area contributed by atoms with Crippen molar-refractivity contribution in [2.45, 2.75) is 12.8 Å². The van der Waals surface area contributed by atoms with Crippen LogP contribution in [-0.2, 0) is 14.3 Å². The van der Waals surface area contributed by atoms with Crippen LogP contribution in [0.1, 0.15) is 33.6 Å². The van der Waals surface area contributed by atoms with E-state index in [-0.39, 0.29) is 18.2 Å². The summed E-state index contributed by atoms with van der Waals surface area (Å²) in [6.45, 7) is -0.112. The van der Waals surface area contributed by atoms with Gasteiger partial charge in [-0.1, -0.05) is 11.6 Å². The van der Waals surface area contributed by atoms with Gasteiger partial charge in [0, 0.05) is 34.8 Å². The Kier molecular flexibility index (Phi) is 6.61. The molecule has 1 heterocycles. The van der Waals surface area contributed by atoms with Crippen molar-refractivity contribution in [1.82, 2.24) is 5.32 Å². The van der Waals surface area contributed by atoms with Gasteiger partial charge in [-0.2, -0.15) is 0 Å². The summed E-state index contributed by atoms with van der Waals surface area (Å²) in [5, 5.41) is 2.95. The fourth-order valence-electron chi connectivity index (χ4n) is 2.88. The molecule has 0 aromatic heterocycles. The van der Waals surface area contributed by atoms with Crippen molar-refractivity contribution in [2.24, 2.45) is 0 Å². The molecule has 3 rings (SSSR count). The summed E-state index contributed by atoms with van der Waals surface area (Å²) in [6, 6.07) is 12.8. The molecule has 1 fully saturated rings. The van der Waals surface area contributed by atoms with Gasteiger partial charge >= 0.3 is 5.97 Å². The van der Waals surface area contributed by atoms with E-state index in [1.54, 1.807) is 53.4 Å². The molecule has 2 aromatic rings. The lowest BCUT2D eigenvalue weighted by Gasteiger charge is -2.15. The van der Waals surface area contributed by atoms with Crippen molar-refractivity contribution in [3.8, 4) is 0 Å². The van der Waals surface area contributed by atoms with Gasteiger partial charge in [0.1, 0.15) is 6.54 Å². The number of carbonyl (C=O) groups excluding carboxylic acids is 4. The van der Waals surface area contributed by atoms with E-state index in [0.29, 0.717) is 29.1 Å². The van der Waals surface area contributed by atoms with Gasteiger partial charge in [-0.25, -0.2) is 0 Å². The first-order valence-corrected chi connectivity index (χ1v) is 9.45. The van der Waals surface area contributed by atoms with Gasteiger partial charge in [0.05, 0.1) is 0 Å². The standard InChI is InChI=1S/C21H19ClN2O5/c22-16-7-3-14(4-8-16)18(25)13-29-20(27)12-23-21(28)15-5-9-17(10-6-15)24-11-1-2-19(24)26/h3-10H,1-2,11-13H2,(H,23,28). The minimum absolute atomic E-state index is 0.0677. The third-order valence-corrected chi connectivity index (χ3v) is 4.69. The number of ketones is 1. The smallest absolute Gasteiger partial charge is 0.325 e. The number of nitrogens with one attached hydrogen (secondary N) is 1. The van der Waals surface area contributed by atoms with Crippen LogP contribution in [0.4, 0.5) is 5.69 Å². The van der Waals surface area contributed by atoms with Crippen LogP contribution < -0.4 is 10.2 Å². The molecule has 1 aliphatic heterocycles. The molecule has 7 nitrogen and oxygen atoms in total. The van der Waals surface area contributed by atoms with Crippen LogP contribution >= 0.6 is 11.6 Å². The summed E-state index contributed by atoms with van der Waals surface area (Å²) >= 11 is 5.76. The second-order valence-corrected chi connectivity index (χ2v) is 6.91. The fraction of sp³-hybridized carbons (Fsp3) is 0.238. The lowest BCUT2D eigenvalue weighted by atomic mass is 10.1. The van der Waals surface area contributed by atoms with Gasteiger partial charge in [-0.15, -0.1) is 0 Å². The van der Waals surface area contributed by atoms with Crippen LogP contribution in [-0.4, -0.2) is 43.3 Å². The Morgan fingerprint density at radius 2 is 1.66 bits per heavy atom. The van der Waals surface area contributed by atoms with Crippen molar-refractivity contribution in [3.05, 3.63) is 64.7 Å². The first-order valence-electron chi connectivity index (χ1n) is 9.07. The Morgan fingerprint density at radius 3 is 2.28 bits per heavy atom. The average Bonchev–Trinajstić information content (AvgIpc) is 3.16. The molecule has 1 saturated heterocycles. The highest BCUT2D eigenvalue weighted by molar-refractivity contribution is 6.30. The molecule has 0 spiro atoms. The Morgan fingerprint density at radius 1 is 1.00 bits per heavy atom. The maximum atomic E-state index is 12.2. The summed E-state index contributed by atoms with van der Waals surface area (Å²) in [7, 11) is 0. The van der Waals surface area contributed by atoms with Crippen molar-refractivity contribution < 1.29 is 23.9 Å². The number of nitrogens with zero attached hydrogens (tertiary/aromatic N) is 1. The van der Waals surface area contributed by atoms with Crippen LogP contribution in [0.15, 0.2) is 48.5 Å². The number of hydrogen-bond donors (Lipinski definition) is 1. The molecular weight excluding hydrogens is 396 g/mol. The lowest BCUT2D eigenvalue weighted by Crippen LogP contribution is -2.31. The van der Waals surface area contributed by atoms with E-state index in [1.165, 1.54) is 0 Å². The molecule has 1 N–H and O–H groups in total. The molecule has 2 aromatic carbocycles. The summed E-state index contributed by atoms with van der Waals surface area (Å²) in [4.78, 5) is 49.3. The first-order chi connectivity index (χ1) is 13.9. The summed E-state index contributed by atoms with van der Waals surface area (Å²) < 4.78 is 4.89. The number of benzene rings is 2. The van der Waals surface area contributed by atoms with E-state index in [2.05, 4.69) is 5.32 Å². The molecular formula is C21H19ClN2O5. The normalized spacial score (nSPS) is 13.3. The molecule has 150 valence electrons. The number of rotatable bonds is 7. The van der Waals surface area contributed by atoms with Gasteiger partial charge in [0.15, 0.2) is 12.4 Å². The zero-order valence-corrected chi connectivity index (χ0v) is 16.3. The van der Waals surface area contributed by atoms with Gasteiger partial charge in [0.25, 0.3) is 5.91 Å². The van der Waals surface area contributed by atoms with Crippen LogP contribution in [0.25, 0.3) is 0 Å². The molecule has 2 amide bonds. The van der Waals surface area contributed by atoms with E-state index in [4.69, 9.17) is 16.3 Å². The second kappa shape index (κ2) is 9.34. The highest BCUT2D eigenvalue weighted by Crippen LogP contribution is 2.21. The quantitative estimate of drug-likeness (QED) is 0.555. The Balaban J connectivity index is 1.44. The summed E-state index contributed by atoms with van der Waals surface area (Å²) in [5.41, 5.74) is 1.47. The van der Waals surface area contributed by atoms with Crippen LogP contribution in [0.2, 0.25) is 5.02 Å². The van der Waals surface area contributed by atoms with Gasteiger partial charge < -0.3 is 15.0 Å². The molecule has 0 atom stereocenters. The van der Waals surface area contributed by atoms with Crippen LogP contribution in [0.3, 0.4) is 0 Å². The predicted molar refractivity (Wildman–Crippen MR) is 107 cm³/mol. The number of Topliss-reactive ketones (excluding diaryl/α,β-unsaturated/α-hetero) is 1. The van der Waals surface area contributed by atoms with Gasteiger partial charge in [-0.05, 0) is 55.0 Å². The minimum Gasteiger partial charge on any atom is -0.456 e. The van der Waals surface area contributed by atoms with E-state index in [0.717, 1.165) is 12.1 Å². The molecule has 0 bridgehead atoms. The van der Waals surface area contributed by atoms with Gasteiger partial charge in [0.2, 0.25) is 5.91 Å². The lowest BCUT2D eigenvalue weighted by molar-refractivity contribution is -0.141. The molecule has 0 saturated carbocycles. The molecule has 29 heavy (non-hydrogen) atoms. The number of hydrogen-bond acceptors (Lipinski definition) is 5. The Labute approximate surface area is 172 Å². The number of esters is 1. The largest absolute Gasteiger partial charge is 0.456 e. The van der Waals surface area contributed by atoms with E-state index in [1.807, 2.05) is 0 Å². The van der Waals surface area contributed by atoms with E-state index in [9.17, 15) is 19.2 Å². The molecule has 8 heteroatoms. The zero-order valence-electron chi connectivity index (χ0n) is 15.5. The summed E-state index contributed by atoms with van der Waals surface area (Å²) in [6.07, 6.45) is 1.36. The number of amides is 2. The number of carbonyl (C=O) groups is 4. The maximum absolute atomic E-state index is 12.2. The van der Waals surface area contributed by atoms with Crippen molar-refractivity contribution in [2.75, 3.05) is 24.6 Å². The third-order valence-electron chi connectivity index (χ3n) is 4.44. The number of anilines is 1. The maximum Gasteiger partial charge on any atom is 0.325 e. The third kappa shape index (κ3) is 5.42. The van der Waals surface area contributed by atoms with Crippen molar-refractivity contribution >= 4 is 40.9 Å². The highest BCUT2D eigenvalue weighted by atomic mass is 35.5. The summed E-state index contributed by atoms with van der Waals surface area (Å²) in [5.74, 6) is -1.48. The molecule has 1 aliphatic rings. The van der Waals surface area contributed by atoms with Crippen LogP contribution in [0.5, 0.6) is 0 Å². The Hall–Kier alpha value is -3.19. The molecule has 0 radical (unpaired) electrons. The molecule has 0 unspecified atom stereocenters. The number of halogens is 1. The number of ether oxygens (including phenoxy) is 1. The van der Waals surface area contributed by atoms with Crippen LogP contribution in [0, 0.1) is 0 Å².